The Labute approximate surface area is 212 Å². The van der Waals surface area contributed by atoms with Crippen molar-refractivity contribution < 1.29 is 0 Å². The SMILES string of the molecule is CC1(C)c2ccccc2C2(c3ccccc3-c3c(-c4cccc(C#N)c4)cccc32)c2ccccc21. The quantitative estimate of drug-likeness (QED) is 0.243. The molecule has 1 spiro atoms. The van der Waals surface area contributed by atoms with Gasteiger partial charge in [-0.15, -0.1) is 0 Å². The number of hydrogen-bond donors (Lipinski definition) is 0. The summed E-state index contributed by atoms with van der Waals surface area (Å²) in [5.74, 6) is 0. The van der Waals surface area contributed by atoms with Crippen LogP contribution in [0.5, 0.6) is 0 Å². The predicted octanol–water partition coefficient (Wildman–Crippen LogP) is 8.23. The van der Waals surface area contributed by atoms with E-state index in [9.17, 15) is 5.26 Å². The second-order valence-electron chi connectivity index (χ2n) is 10.4. The highest BCUT2D eigenvalue weighted by Crippen LogP contribution is 2.63. The molecule has 1 nitrogen and oxygen atoms in total. The summed E-state index contributed by atoms with van der Waals surface area (Å²) in [5.41, 5.74) is 13.1. The molecule has 1 heteroatoms. The van der Waals surface area contributed by atoms with E-state index < -0.39 is 5.41 Å². The topological polar surface area (TPSA) is 23.8 Å². The maximum Gasteiger partial charge on any atom is 0.0991 e. The molecule has 2 aliphatic carbocycles. The summed E-state index contributed by atoms with van der Waals surface area (Å²) in [6.07, 6.45) is 0. The molecular weight excluding hydrogens is 434 g/mol. The molecule has 0 N–H and O–H groups in total. The van der Waals surface area contributed by atoms with Gasteiger partial charge in [-0.3, -0.25) is 0 Å². The van der Waals surface area contributed by atoms with Crippen molar-refractivity contribution in [1.82, 2.24) is 0 Å². The monoisotopic (exact) mass is 459 g/mol. The Balaban J connectivity index is 1.67. The van der Waals surface area contributed by atoms with E-state index >= 15 is 0 Å². The van der Waals surface area contributed by atoms with Crippen molar-refractivity contribution in [3.63, 3.8) is 0 Å². The summed E-state index contributed by atoms with van der Waals surface area (Å²) in [5, 5.41) is 9.58. The molecule has 0 fully saturated rings. The Morgan fingerprint density at radius 1 is 0.528 bits per heavy atom. The van der Waals surface area contributed by atoms with E-state index in [4.69, 9.17) is 0 Å². The van der Waals surface area contributed by atoms with Crippen LogP contribution in [0.15, 0.2) is 115 Å². The van der Waals surface area contributed by atoms with Crippen LogP contribution in [-0.4, -0.2) is 0 Å². The van der Waals surface area contributed by atoms with Gasteiger partial charge in [-0.05, 0) is 67.8 Å². The average Bonchev–Trinajstić information content (AvgIpc) is 3.23. The van der Waals surface area contributed by atoms with Gasteiger partial charge in [-0.2, -0.15) is 5.26 Å². The zero-order valence-corrected chi connectivity index (χ0v) is 20.4. The smallest absolute Gasteiger partial charge is 0.0991 e. The van der Waals surface area contributed by atoms with Crippen LogP contribution in [0.2, 0.25) is 0 Å². The number of nitriles is 1. The molecule has 0 heterocycles. The number of hydrogen-bond acceptors (Lipinski definition) is 1. The van der Waals surface area contributed by atoms with Crippen molar-refractivity contribution in [3.05, 3.63) is 154 Å². The second-order valence-corrected chi connectivity index (χ2v) is 10.4. The molecule has 0 unspecified atom stereocenters. The van der Waals surface area contributed by atoms with Gasteiger partial charge in [0, 0.05) is 5.41 Å². The molecule has 0 amide bonds. The minimum absolute atomic E-state index is 0.102. The fourth-order valence-corrected chi connectivity index (χ4v) is 6.91. The van der Waals surface area contributed by atoms with Crippen molar-refractivity contribution in [2.75, 3.05) is 0 Å². The molecule has 0 atom stereocenters. The summed E-state index contributed by atoms with van der Waals surface area (Å²) in [6.45, 7) is 4.70. The van der Waals surface area contributed by atoms with Crippen LogP contribution in [0.25, 0.3) is 22.3 Å². The molecule has 2 aliphatic rings. The Morgan fingerprint density at radius 3 is 1.72 bits per heavy atom. The lowest BCUT2D eigenvalue weighted by Gasteiger charge is -2.46. The molecule has 0 radical (unpaired) electrons. The van der Waals surface area contributed by atoms with Gasteiger partial charge in [0.25, 0.3) is 0 Å². The van der Waals surface area contributed by atoms with Gasteiger partial charge in [0.05, 0.1) is 17.0 Å². The maximum absolute atomic E-state index is 9.58. The predicted molar refractivity (Wildman–Crippen MR) is 146 cm³/mol. The molecule has 0 bridgehead atoms. The van der Waals surface area contributed by atoms with E-state index in [0.717, 1.165) is 5.56 Å². The first-order valence-corrected chi connectivity index (χ1v) is 12.5. The van der Waals surface area contributed by atoms with Gasteiger partial charge in [0.15, 0.2) is 0 Å². The van der Waals surface area contributed by atoms with E-state index in [2.05, 4.69) is 117 Å². The van der Waals surface area contributed by atoms with Gasteiger partial charge in [0.1, 0.15) is 0 Å². The average molecular weight is 460 g/mol. The van der Waals surface area contributed by atoms with Crippen LogP contribution in [0, 0.1) is 11.3 Å². The van der Waals surface area contributed by atoms with Gasteiger partial charge in [-0.25, -0.2) is 0 Å². The third kappa shape index (κ3) is 2.49. The molecule has 0 aromatic heterocycles. The molecular formula is C35H25N. The normalized spacial score (nSPS) is 15.4. The lowest BCUT2D eigenvalue weighted by Crippen LogP contribution is -2.40. The lowest BCUT2D eigenvalue weighted by molar-refractivity contribution is 0.563. The third-order valence-corrected chi connectivity index (χ3v) is 8.38. The largest absolute Gasteiger partial charge is 0.192 e. The first-order chi connectivity index (χ1) is 17.6. The second kappa shape index (κ2) is 7.30. The fraction of sp³-hybridized carbons (Fsp3) is 0.114. The standard InChI is InChI=1S/C35H25N/c1-34(2)28-16-5-7-18-30(28)35(31-19-8-6-17-29(31)34)27-15-4-3-13-26(27)33-25(14-10-20-32(33)35)24-12-9-11-23(21-24)22-36/h3-21H,1-2H3. The van der Waals surface area contributed by atoms with E-state index in [1.165, 1.54) is 50.1 Å². The summed E-state index contributed by atoms with van der Waals surface area (Å²) in [6, 6.07) is 43.9. The number of fused-ring (bicyclic) bond motifs is 9. The zero-order chi connectivity index (χ0) is 24.5. The molecule has 0 aliphatic heterocycles. The minimum atomic E-state index is -0.391. The molecule has 0 saturated heterocycles. The van der Waals surface area contributed by atoms with E-state index in [-0.39, 0.29) is 5.41 Å². The molecule has 36 heavy (non-hydrogen) atoms. The van der Waals surface area contributed by atoms with Crippen LogP contribution >= 0.6 is 0 Å². The van der Waals surface area contributed by atoms with Crippen LogP contribution in [-0.2, 0) is 10.8 Å². The van der Waals surface area contributed by atoms with Gasteiger partial charge in [0.2, 0.25) is 0 Å². The summed E-state index contributed by atoms with van der Waals surface area (Å²) < 4.78 is 0. The highest BCUT2D eigenvalue weighted by Gasteiger charge is 2.53. The minimum Gasteiger partial charge on any atom is -0.192 e. The fourth-order valence-electron chi connectivity index (χ4n) is 6.91. The summed E-state index contributed by atoms with van der Waals surface area (Å²) >= 11 is 0. The van der Waals surface area contributed by atoms with Crippen molar-refractivity contribution in [2.24, 2.45) is 0 Å². The maximum atomic E-state index is 9.58. The first kappa shape index (κ1) is 20.9. The highest BCUT2D eigenvalue weighted by molar-refractivity contribution is 5.96. The van der Waals surface area contributed by atoms with Crippen LogP contribution in [0.1, 0.15) is 52.8 Å². The highest BCUT2D eigenvalue weighted by atomic mass is 14.5. The Morgan fingerprint density at radius 2 is 1.06 bits per heavy atom. The van der Waals surface area contributed by atoms with Gasteiger partial charge >= 0.3 is 0 Å². The van der Waals surface area contributed by atoms with Crippen LogP contribution < -0.4 is 0 Å². The van der Waals surface area contributed by atoms with Crippen LogP contribution in [0.4, 0.5) is 0 Å². The molecule has 7 rings (SSSR count). The van der Waals surface area contributed by atoms with Crippen molar-refractivity contribution >= 4 is 0 Å². The van der Waals surface area contributed by atoms with Crippen molar-refractivity contribution in [2.45, 2.75) is 24.7 Å². The summed E-state index contributed by atoms with van der Waals surface area (Å²) in [4.78, 5) is 0. The zero-order valence-electron chi connectivity index (χ0n) is 20.4. The molecule has 0 saturated carbocycles. The van der Waals surface area contributed by atoms with Crippen molar-refractivity contribution in [3.8, 4) is 28.3 Å². The first-order valence-electron chi connectivity index (χ1n) is 12.5. The van der Waals surface area contributed by atoms with Crippen molar-refractivity contribution in [1.29, 1.82) is 5.26 Å². The van der Waals surface area contributed by atoms with E-state index in [1.807, 2.05) is 18.2 Å². The lowest BCUT2D eigenvalue weighted by atomic mass is 9.55. The summed E-state index contributed by atoms with van der Waals surface area (Å²) in [7, 11) is 0. The molecule has 170 valence electrons. The van der Waals surface area contributed by atoms with E-state index in [0.29, 0.717) is 5.56 Å². The van der Waals surface area contributed by atoms with Gasteiger partial charge < -0.3 is 0 Å². The molecule has 5 aromatic rings. The Bertz CT molecular complexity index is 1680. The van der Waals surface area contributed by atoms with Gasteiger partial charge in [-0.1, -0.05) is 117 Å². The number of rotatable bonds is 1. The van der Waals surface area contributed by atoms with E-state index in [1.54, 1.807) is 0 Å². The number of benzene rings is 5. The Kier molecular flexibility index (Phi) is 4.24. The van der Waals surface area contributed by atoms with Crippen LogP contribution in [0.3, 0.4) is 0 Å². The number of nitrogens with zero attached hydrogens (tertiary/aromatic N) is 1. The third-order valence-electron chi connectivity index (χ3n) is 8.38. The molecule has 5 aromatic carbocycles. The Hall–Kier alpha value is -4.41.